The summed E-state index contributed by atoms with van der Waals surface area (Å²) in [5.74, 6) is 4.23. The summed E-state index contributed by atoms with van der Waals surface area (Å²) >= 11 is 0. The lowest BCUT2D eigenvalue weighted by Crippen LogP contribution is -2.48. The van der Waals surface area contributed by atoms with E-state index in [0.29, 0.717) is 16.9 Å². The fourth-order valence-corrected chi connectivity index (χ4v) is 12.1. The van der Waals surface area contributed by atoms with Crippen molar-refractivity contribution in [2.75, 3.05) is 39.3 Å². The topological polar surface area (TPSA) is 73.4 Å². The Morgan fingerprint density at radius 2 is 1.67 bits per heavy atom. The summed E-state index contributed by atoms with van der Waals surface area (Å²) in [5, 5.41) is 4.07. The van der Waals surface area contributed by atoms with Crippen LogP contribution in [-0.4, -0.2) is 64.5 Å². The number of nitrogens with zero attached hydrogens (tertiary/aromatic N) is 3. The van der Waals surface area contributed by atoms with E-state index in [0.717, 1.165) is 96.2 Å². The smallest absolute Gasteiger partial charge is 0.254 e. The van der Waals surface area contributed by atoms with Crippen LogP contribution in [0.1, 0.15) is 137 Å². The number of likely N-dealkylation sites (tertiary alicyclic amines) is 1. The number of aromatic nitrogens is 2. The molecule has 3 heterocycles. The van der Waals surface area contributed by atoms with E-state index in [-0.39, 0.29) is 24.1 Å². The molecule has 0 spiro atoms. The van der Waals surface area contributed by atoms with Gasteiger partial charge in [-0.1, -0.05) is 50.6 Å². The van der Waals surface area contributed by atoms with E-state index in [1.54, 1.807) is 0 Å². The fraction of sp³-hybridized carbons (Fsp3) is 0.667. The first kappa shape index (κ1) is 40.1. The second kappa shape index (κ2) is 17.1. The van der Waals surface area contributed by atoms with Crippen molar-refractivity contribution < 1.29 is 4.79 Å². The molecule has 0 radical (unpaired) electrons. The van der Waals surface area contributed by atoms with E-state index < -0.39 is 0 Å². The Labute approximate surface area is 331 Å². The first-order valence-electron chi connectivity index (χ1n) is 22.1. The van der Waals surface area contributed by atoms with Crippen LogP contribution in [0, 0.1) is 55.8 Å². The molecule has 4 aliphatic carbocycles. The number of H-pyrrole nitrogens is 1. The third-order valence-corrected chi connectivity index (χ3v) is 15.0. The van der Waals surface area contributed by atoms with Gasteiger partial charge in [0.2, 0.25) is 0 Å². The second-order valence-electron chi connectivity index (χ2n) is 19.1. The van der Waals surface area contributed by atoms with Gasteiger partial charge in [-0.2, -0.15) is 0 Å². The minimum atomic E-state index is -0.134. The van der Waals surface area contributed by atoms with Gasteiger partial charge in [0, 0.05) is 60.1 Å². The first-order valence-corrected chi connectivity index (χ1v) is 22.1. The van der Waals surface area contributed by atoms with Gasteiger partial charge in [0.25, 0.3) is 11.5 Å². The van der Waals surface area contributed by atoms with Crippen LogP contribution in [0.3, 0.4) is 0 Å². The highest BCUT2D eigenvalue weighted by molar-refractivity contribution is 6.08. The van der Waals surface area contributed by atoms with E-state index >= 15 is 0 Å². The van der Waals surface area contributed by atoms with Gasteiger partial charge in [-0.05, 0) is 171 Å². The van der Waals surface area contributed by atoms with Crippen LogP contribution in [0.4, 0.5) is 0 Å². The summed E-state index contributed by atoms with van der Waals surface area (Å²) in [4.78, 5) is 34.9. The number of pyridine rings is 1. The molecule has 1 unspecified atom stereocenters. The number of hydrogen-bond acceptors (Lipinski definition) is 4. The molecule has 3 aromatic rings. The van der Waals surface area contributed by atoms with Crippen molar-refractivity contribution in [3.63, 3.8) is 0 Å². The molecule has 55 heavy (non-hydrogen) atoms. The molecule has 7 nitrogen and oxygen atoms in total. The standard InChI is InChI=1S/C48H71N5O2/c1-8-32(2)23-33(3)13-17-52(20-16-48-28-38-25-39(29-48)27-40(26-38)30-48)22-21-51-18-14-41(15-19-51)36(6)53-37(7)45(42-11-9-10-12-44(42)53)47(55)49-31-43-34(4)24-35(5)50-46(43)54/h9-12,24,32,36,38-41H,3,8,13-23,25-31H2,1-2,4-7H3,(H,49,55)(H,50,54)/t32?,36-,38?,39?,40?,48?/m0/s1. The highest BCUT2D eigenvalue weighted by Gasteiger charge is 2.50. The molecule has 8 rings (SSSR count). The molecule has 5 aliphatic rings. The quantitative estimate of drug-likeness (QED) is 0.135. The Hall–Kier alpha value is -3.16. The van der Waals surface area contributed by atoms with Gasteiger partial charge < -0.3 is 24.7 Å². The minimum Gasteiger partial charge on any atom is -0.348 e. The summed E-state index contributed by atoms with van der Waals surface area (Å²) in [5.41, 5.74) is 7.13. The molecule has 5 fully saturated rings. The van der Waals surface area contributed by atoms with E-state index in [9.17, 15) is 9.59 Å². The van der Waals surface area contributed by atoms with Gasteiger partial charge in [0.05, 0.1) is 5.56 Å². The van der Waals surface area contributed by atoms with Crippen LogP contribution in [0.5, 0.6) is 0 Å². The number of carbonyl (C=O) groups excluding carboxylic acids is 1. The number of nitrogens with one attached hydrogen (secondary N) is 2. The lowest BCUT2D eigenvalue weighted by atomic mass is 9.49. The summed E-state index contributed by atoms with van der Waals surface area (Å²) in [6.45, 7) is 24.7. The predicted molar refractivity (Wildman–Crippen MR) is 228 cm³/mol. The monoisotopic (exact) mass is 750 g/mol. The van der Waals surface area contributed by atoms with E-state index in [4.69, 9.17) is 0 Å². The molecule has 2 atom stereocenters. The third kappa shape index (κ3) is 9.04. The number of rotatable bonds is 17. The highest BCUT2D eigenvalue weighted by Crippen LogP contribution is 2.61. The van der Waals surface area contributed by atoms with Crippen LogP contribution in [-0.2, 0) is 6.54 Å². The summed E-state index contributed by atoms with van der Waals surface area (Å²) in [7, 11) is 0. The van der Waals surface area contributed by atoms with Crippen molar-refractivity contribution in [3.05, 3.63) is 80.9 Å². The van der Waals surface area contributed by atoms with Gasteiger partial charge in [-0.15, -0.1) is 0 Å². The van der Waals surface area contributed by atoms with Crippen molar-refractivity contribution in [3.8, 4) is 0 Å². The Balaban J connectivity index is 0.966. The lowest BCUT2D eigenvalue weighted by Gasteiger charge is -2.57. The van der Waals surface area contributed by atoms with Crippen LogP contribution in [0.2, 0.25) is 0 Å². The van der Waals surface area contributed by atoms with E-state index in [2.05, 4.69) is 77.1 Å². The first-order chi connectivity index (χ1) is 26.4. The molecule has 1 amide bonds. The Morgan fingerprint density at radius 3 is 2.33 bits per heavy atom. The Morgan fingerprint density at radius 1 is 1.00 bits per heavy atom. The average Bonchev–Trinajstić information content (AvgIpc) is 3.44. The number of aromatic amines is 1. The van der Waals surface area contributed by atoms with E-state index in [1.165, 1.54) is 82.7 Å². The average molecular weight is 750 g/mol. The highest BCUT2D eigenvalue weighted by atomic mass is 16.2. The molecule has 1 saturated heterocycles. The van der Waals surface area contributed by atoms with Crippen molar-refractivity contribution in [1.82, 2.24) is 24.7 Å². The molecule has 1 aromatic carbocycles. The van der Waals surface area contributed by atoms with Crippen LogP contribution in [0.15, 0.2) is 47.3 Å². The lowest BCUT2D eigenvalue weighted by molar-refractivity contribution is -0.0611. The van der Waals surface area contributed by atoms with Crippen molar-refractivity contribution in [2.24, 2.45) is 35.0 Å². The molecule has 2 N–H and O–H groups in total. The molecule has 7 heteroatoms. The number of benzene rings is 1. The van der Waals surface area contributed by atoms with Crippen molar-refractivity contribution >= 4 is 16.8 Å². The van der Waals surface area contributed by atoms with Gasteiger partial charge in [0.15, 0.2) is 0 Å². The minimum absolute atomic E-state index is 0.120. The van der Waals surface area contributed by atoms with Gasteiger partial charge in [0.1, 0.15) is 0 Å². The van der Waals surface area contributed by atoms with E-state index in [1.807, 2.05) is 26.0 Å². The zero-order chi connectivity index (χ0) is 38.9. The Kier molecular flexibility index (Phi) is 12.5. The zero-order valence-electron chi connectivity index (χ0n) is 35.2. The normalized spacial score (nSPS) is 25.2. The second-order valence-corrected chi connectivity index (χ2v) is 19.1. The number of aryl methyl sites for hydroxylation is 2. The number of piperidine rings is 1. The van der Waals surface area contributed by atoms with Crippen LogP contribution >= 0.6 is 0 Å². The van der Waals surface area contributed by atoms with Crippen molar-refractivity contribution in [1.29, 1.82) is 0 Å². The summed E-state index contributed by atoms with van der Waals surface area (Å²) < 4.78 is 2.42. The maximum Gasteiger partial charge on any atom is 0.254 e. The molecule has 300 valence electrons. The maximum atomic E-state index is 13.8. The third-order valence-electron chi connectivity index (χ3n) is 15.0. The number of carbonyl (C=O) groups is 1. The Bertz CT molecular complexity index is 1840. The number of fused-ring (bicyclic) bond motifs is 1. The summed E-state index contributed by atoms with van der Waals surface area (Å²) in [6.07, 6.45) is 16.4. The predicted octanol–water partition coefficient (Wildman–Crippen LogP) is 9.75. The number of para-hydroxylation sites is 1. The SMILES string of the molecule is C=C(CCN(CCN1CCC([C@H](C)n2c(C)c(C(=O)NCc3c(C)cc(C)[nH]c3=O)c3ccccc32)CC1)CCC12CC3CC(CC(C3)C1)C2)CC(C)CC. The summed E-state index contributed by atoms with van der Waals surface area (Å²) in [6, 6.07) is 10.6. The van der Waals surface area contributed by atoms with Crippen LogP contribution in [0.25, 0.3) is 10.9 Å². The number of amides is 1. The van der Waals surface area contributed by atoms with Gasteiger partial charge in [-0.25, -0.2) is 0 Å². The zero-order valence-corrected chi connectivity index (χ0v) is 35.2. The van der Waals surface area contributed by atoms with Crippen LogP contribution < -0.4 is 10.9 Å². The molecule has 4 bridgehead atoms. The molecular weight excluding hydrogens is 679 g/mol. The van der Waals surface area contributed by atoms with Gasteiger partial charge in [-0.3, -0.25) is 9.59 Å². The van der Waals surface area contributed by atoms with Gasteiger partial charge >= 0.3 is 0 Å². The van der Waals surface area contributed by atoms with Crippen molar-refractivity contribution in [2.45, 2.75) is 131 Å². The molecular formula is C48H71N5O2. The maximum absolute atomic E-state index is 13.8. The number of hydrogen-bond donors (Lipinski definition) is 2. The molecule has 1 aliphatic heterocycles. The molecule has 2 aromatic heterocycles. The molecule has 4 saturated carbocycles. The largest absolute Gasteiger partial charge is 0.348 e. The fourth-order valence-electron chi connectivity index (χ4n) is 12.1.